The zero-order chi connectivity index (χ0) is 14.8. The molecule has 0 aromatic carbocycles. The molecule has 1 aromatic heterocycles. The summed E-state index contributed by atoms with van der Waals surface area (Å²) in [5, 5.41) is 12.6. The lowest BCUT2D eigenvalue weighted by molar-refractivity contribution is -0.133. The number of carbonyl (C=O) groups excluding carboxylic acids is 1. The van der Waals surface area contributed by atoms with E-state index < -0.39 is 6.10 Å². The summed E-state index contributed by atoms with van der Waals surface area (Å²) < 4.78 is 0.964. The number of β-amino-alcohol motifs (C(OH)–C–C–N with tert-alkyl or cyclic N) is 1. The fraction of sp³-hybridized carbons (Fsp3) is 0.571. The quantitative estimate of drug-likeness (QED) is 0.738. The highest BCUT2D eigenvalue weighted by molar-refractivity contribution is 9.10. The molecule has 9 heteroatoms. The Hall–Kier alpha value is -0.600. The van der Waals surface area contributed by atoms with Crippen molar-refractivity contribution in [3.63, 3.8) is 0 Å². The number of piperazine rings is 1. The second kappa shape index (κ2) is 9.03. The van der Waals surface area contributed by atoms with Crippen molar-refractivity contribution in [3.05, 3.63) is 22.8 Å². The van der Waals surface area contributed by atoms with E-state index in [-0.39, 0.29) is 36.8 Å². The highest BCUT2D eigenvalue weighted by Crippen LogP contribution is 2.17. The monoisotopic (exact) mass is 426 g/mol. The molecule has 0 saturated carbocycles. The standard InChI is InChI=1S/C14H19BrN4O2.2ClH/c15-10-1-2-13(17-8-10)18-3-5-19(6-4-18)14(21)12-7-11(20)9-16-12;;/h1-2,8,11-12,16,20H,3-7,9H2;2*1H. The third-order valence-corrected chi connectivity index (χ3v) is 4.50. The van der Waals surface area contributed by atoms with Crippen LogP contribution in [-0.4, -0.2) is 65.8 Å². The largest absolute Gasteiger partial charge is 0.392 e. The fourth-order valence-corrected chi connectivity index (χ4v) is 3.07. The molecule has 3 rings (SSSR count). The Morgan fingerprint density at radius 2 is 1.96 bits per heavy atom. The van der Waals surface area contributed by atoms with E-state index in [9.17, 15) is 9.90 Å². The van der Waals surface area contributed by atoms with Crippen molar-refractivity contribution in [2.45, 2.75) is 18.6 Å². The molecule has 2 aliphatic heterocycles. The Labute approximate surface area is 156 Å². The van der Waals surface area contributed by atoms with Crippen LogP contribution in [0.4, 0.5) is 5.82 Å². The molecule has 3 heterocycles. The summed E-state index contributed by atoms with van der Waals surface area (Å²) in [6.45, 7) is 3.49. The van der Waals surface area contributed by atoms with Gasteiger partial charge in [0.15, 0.2) is 0 Å². The Balaban J connectivity index is 0.00000132. The second-order valence-corrected chi connectivity index (χ2v) is 6.41. The number of hydrogen-bond acceptors (Lipinski definition) is 5. The summed E-state index contributed by atoms with van der Waals surface area (Å²) >= 11 is 3.38. The Morgan fingerprint density at radius 1 is 1.26 bits per heavy atom. The van der Waals surface area contributed by atoms with Crippen molar-refractivity contribution in [2.75, 3.05) is 37.6 Å². The van der Waals surface area contributed by atoms with Crippen molar-refractivity contribution < 1.29 is 9.90 Å². The molecule has 0 bridgehead atoms. The number of carbonyl (C=O) groups is 1. The lowest BCUT2D eigenvalue weighted by Crippen LogP contribution is -2.53. The van der Waals surface area contributed by atoms with Gasteiger partial charge >= 0.3 is 0 Å². The first-order valence-electron chi connectivity index (χ1n) is 7.20. The molecular weight excluding hydrogens is 407 g/mol. The molecule has 2 saturated heterocycles. The number of anilines is 1. The fourth-order valence-electron chi connectivity index (χ4n) is 2.84. The van der Waals surface area contributed by atoms with Crippen LogP contribution in [0.15, 0.2) is 22.8 Å². The number of aliphatic hydroxyl groups excluding tert-OH is 1. The van der Waals surface area contributed by atoms with E-state index >= 15 is 0 Å². The molecule has 0 aliphatic carbocycles. The summed E-state index contributed by atoms with van der Waals surface area (Å²) in [4.78, 5) is 20.8. The maximum Gasteiger partial charge on any atom is 0.239 e. The van der Waals surface area contributed by atoms with Gasteiger partial charge in [0.2, 0.25) is 5.91 Å². The van der Waals surface area contributed by atoms with Gasteiger partial charge in [-0.1, -0.05) is 0 Å². The first-order valence-corrected chi connectivity index (χ1v) is 7.99. The Bertz CT molecular complexity index is 512. The summed E-state index contributed by atoms with van der Waals surface area (Å²) in [5.74, 6) is 1.05. The third kappa shape index (κ3) is 4.93. The van der Waals surface area contributed by atoms with Crippen LogP contribution < -0.4 is 10.2 Å². The average Bonchev–Trinajstić information content (AvgIpc) is 2.94. The van der Waals surface area contributed by atoms with Crippen LogP contribution in [0.3, 0.4) is 0 Å². The molecule has 23 heavy (non-hydrogen) atoms. The van der Waals surface area contributed by atoms with Crippen LogP contribution >= 0.6 is 40.7 Å². The number of pyridine rings is 1. The molecule has 1 amide bonds. The van der Waals surface area contributed by atoms with Crippen LogP contribution in [0, 0.1) is 0 Å². The van der Waals surface area contributed by atoms with E-state index in [1.165, 1.54) is 0 Å². The Morgan fingerprint density at radius 3 is 2.48 bits per heavy atom. The van der Waals surface area contributed by atoms with Crippen molar-refractivity contribution in [3.8, 4) is 0 Å². The zero-order valence-electron chi connectivity index (χ0n) is 12.5. The van der Waals surface area contributed by atoms with Crippen molar-refractivity contribution in [1.82, 2.24) is 15.2 Å². The van der Waals surface area contributed by atoms with Gasteiger partial charge in [0.05, 0.1) is 12.1 Å². The van der Waals surface area contributed by atoms with Crippen LogP contribution in [0.5, 0.6) is 0 Å². The molecule has 2 fully saturated rings. The van der Waals surface area contributed by atoms with Crippen molar-refractivity contribution in [1.29, 1.82) is 0 Å². The first kappa shape index (κ1) is 20.4. The molecule has 0 spiro atoms. The molecule has 2 unspecified atom stereocenters. The van der Waals surface area contributed by atoms with Gasteiger partial charge in [-0.25, -0.2) is 4.98 Å². The SMILES string of the molecule is Cl.Cl.O=C(C1CC(O)CN1)N1CCN(c2ccc(Br)cn2)CC1. The smallest absolute Gasteiger partial charge is 0.239 e. The van der Waals surface area contributed by atoms with E-state index in [1.807, 2.05) is 17.0 Å². The number of rotatable bonds is 2. The van der Waals surface area contributed by atoms with Gasteiger partial charge in [0, 0.05) is 43.4 Å². The molecule has 130 valence electrons. The summed E-state index contributed by atoms with van der Waals surface area (Å²) in [6, 6.07) is 3.73. The van der Waals surface area contributed by atoms with Gasteiger partial charge in [-0.3, -0.25) is 4.79 Å². The zero-order valence-corrected chi connectivity index (χ0v) is 15.7. The van der Waals surface area contributed by atoms with Gasteiger partial charge in [0.1, 0.15) is 5.82 Å². The molecular formula is C14H21BrCl2N4O2. The van der Waals surface area contributed by atoms with Crippen LogP contribution in [-0.2, 0) is 4.79 Å². The van der Waals surface area contributed by atoms with Gasteiger partial charge < -0.3 is 20.2 Å². The second-order valence-electron chi connectivity index (χ2n) is 5.50. The number of hydrogen-bond donors (Lipinski definition) is 2. The predicted molar refractivity (Wildman–Crippen MR) is 97.6 cm³/mol. The van der Waals surface area contributed by atoms with E-state index in [0.29, 0.717) is 26.1 Å². The normalized spacial score (nSPS) is 23.9. The van der Waals surface area contributed by atoms with Crippen LogP contribution in [0.1, 0.15) is 6.42 Å². The van der Waals surface area contributed by atoms with E-state index in [4.69, 9.17) is 0 Å². The number of aliphatic hydroxyl groups is 1. The molecule has 0 radical (unpaired) electrons. The highest BCUT2D eigenvalue weighted by atomic mass is 79.9. The average molecular weight is 428 g/mol. The Kier molecular flexibility index (Phi) is 8.03. The van der Waals surface area contributed by atoms with Gasteiger partial charge in [-0.15, -0.1) is 24.8 Å². The van der Waals surface area contributed by atoms with Gasteiger partial charge in [-0.05, 0) is 34.5 Å². The topological polar surface area (TPSA) is 68.7 Å². The number of halogens is 3. The van der Waals surface area contributed by atoms with Crippen LogP contribution in [0.2, 0.25) is 0 Å². The molecule has 2 atom stereocenters. The summed E-state index contributed by atoms with van der Waals surface area (Å²) in [6.07, 6.45) is 1.91. The van der Waals surface area contributed by atoms with E-state index in [0.717, 1.165) is 23.4 Å². The lowest BCUT2D eigenvalue weighted by Gasteiger charge is -2.36. The summed E-state index contributed by atoms with van der Waals surface area (Å²) in [5.41, 5.74) is 0. The minimum absolute atomic E-state index is 0. The first-order chi connectivity index (χ1) is 10.1. The van der Waals surface area contributed by atoms with E-state index in [2.05, 4.69) is 31.1 Å². The summed E-state index contributed by atoms with van der Waals surface area (Å²) in [7, 11) is 0. The predicted octanol–water partition coefficient (Wildman–Crippen LogP) is 1.06. The number of nitrogens with zero attached hydrogens (tertiary/aromatic N) is 3. The minimum atomic E-state index is -0.396. The number of nitrogens with one attached hydrogen (secondary N) is 1. The molecule has 6 nitrogen and oxygen atoms in total. The molecule has 2 aliphatic rings. The maximum atomic E-state index is 12.3. The number of amides is 1. The van der Waals surface area contributed by atoms with Crippen molar-refractivity contribution in [2.24, 2.45) is 0 Å². The van der Waals surface area contributed by atoms with Gasteiger partial charge in [0.25, 0.3) is 0 Å². The number of aromatic nitrogens is 1. The molecule has 1 aromatic rings. The third-order valence-electron chi connectivity index (χ3n) is 4.03. The highest BCUT2D eigenvalue weighted by Gasteiger charge is 2.32. The van der Waals surface area contributed by atoms with Crippen molar-refractivity contribution >= 4 is 52.5 Å². The minimum Gasteiger partial charge on any atom is -0.392 e. The van der Waals surface area contributed by atoms with Gasteiger partial charge in [-0.2, -0.15) is 0 Å². The maximum absolute atomic E-state index is 12.3. The van der Waals surface area contributed by atoms with E-state index in [1.54, 1.807) is 6.20 Å². The molecule has 2 N–H and O–H groups in total. The lowest BCUT2D eigenvalue weighted by atomic mass is 10.1. The van der Waals surface area contributed by atoms with Crippen LogP contribution in [0.25, 0.3) is 0 Å².